The van der Waals surface area contributed by atoms with Gasteiger partial charge >= 0.3 is 58.4 Å². The van der Waals surface area contributed by atoms with Gasteiger partial charge in [0.1, 0.15) is 0 Å². The van der Waals surface area contributed by atoms with Crippen LogP contribution < -0.4 is 56.2 Å². The van der Waals surface area contributed by atoms with Gasteiger partial charge in [-0.15, -0.1) is 0 Å². The summed E-state index contributed by atoms with van der Waals surface area (Å²) in [7, 11) is 0. The molecule has 0 atom stereocenters. The van der Waals surface area contributed by atoms with Gasteiger partial charge in [0.25, 0.3) is 0 Å². The molecular weight excluding hydrogens is 213 g/mol. The van der Waals surface area contributed by atoms with E-state index in [9.17, 15) is 12.9 Å². The van der Waals surface area contributed by atoms with E-state index >= 15 is 0 Å². The number of hydrogen-bond acceptors (Lipinski definition) is 2. The molecule has 1 rings (SSSR count). The normalized spacial score (nSPS) is 10.2. The van der Waals surface area contributed by atoms with E-state index in [1.54, 1.807) is 0 Å². The summed E-state index contributed by atoms with van der Waals surface area (Å²) >= 11 is 0.561. The Morgan fingerprint density at radius 1 is 1.42 bits per heavy atom. The maximum absolute atomic E-state index is 12.0. The minimum absolute atomic E-state index is 0. The summed E-state index contributed by atoms with van der Waals surface area (Å²) in [6.45, 7) is -5.00. The Morgan fingerprint density at radius 3 is 2.33 bits per heavy atom. The van der Waals surface area contributed by atoms with Crippen LogP contribution in [0.1, 0.15) is 5.56 Å². The average Bonchev–Trinajstić information content (AvgIpc) is 2.31. The second-order valence-electron chi connectivity index (χ2n) is 1.89. The fourth-order valence-electron chi connectivity index (χ4n) is 0.667. The zero-order valence-corrected chi connectivity index (χ0v) is 10.2. The molecule has 0 saturated heterocycles. The van der Waals surface area contributed by atoms with Gasteiger partial charge in [0.15, 0.2) is 0 Å². The molecular formula is C5H2BF3KNS. The Hall–Kier alpha value is 0.681. The Morgan fingerprint density at radius 2 is 2.00 bits per heavy atom. The maximum atomic E-state index is 12.0. The Bertz CT molecular complexity index is 302. The van der Waals surface area contributed by atoms with Crippen molar-refractivity contribution in [3.8, 4) is 6.07 Å². The van der Waals surface area contributed by atoms with Crippen LogP contribution in [0.3, 0.4) is 0 Å². The predicted octanol–water partition coefficient (Wildman–Crippen LogP) is -1.32. The molecule has 0 fully saturated rings. The largest absolute Gasteiger partial charge is 1.00 e. The number of nitriles is 1. The topological polar surface area (TPSA) is 23.8 Å². The summed E-state index contributed by atoms with van der Waals surface area (Å²) in [5, 5.41) is 9.50. The molecule has 0 aromatic carbocycles. The standard InChI is InChI=1S/C5H2BF3NS.K/c7-6(8,9)5-4(3-10)1-2-11-5;/h1-2H;/q-1;+1. The number of nitrogens with zero attached hydrogens (tertiary/aromatic N) is 1. The first kappa shape index (κ1) is 12.7. The third-order valence-corrected chi connectivity index (χ3v) is 2.13. The van der Waals surface area contributed by atoms with Gasteiger partial charge < -0.3 is 12.9 Å². The molecule has 0 aliphatic rings. The van der Waals surface area contributed by atoms with Crippen LogP contribution in [0.4, 0.5) is 12.9 Å². The molecule has 1 nitrogen and oxygen atoms in total. The molecule has 0 aliphatic heterocycles. The Labute approximate surface area is 114 Å². The van der Waals surface area contributed by atoms with Crippen LogP contribution in [0.5, 0.6) is 0 Å². The summed E-state index contributed by atoms with van der Waals surface area (Å²) in [5.41, 5.74) is -0.275. The molecule has 0 bridgehead atoms. The van der Waals surface area contributed by atoms with Crippen LogP contribution in [-0.2, 0) is 0 Å². The second kappa shape index (κ2) is 4.79. The molecule has 12 heavy (non-hydrogen) atoms. The fourth-order valence-corrected chi connectivity index (χ4v) is 1.41. The van der Waals surface area contributed by atoms with Crippen LogP contribution in [0.25, 0.3) is 0 Å². The zero-order valence-electron chi connectivity index (χ0n) is 6.22. The van der Waals surface area contributed by atoms with Gasteiger partial charge in [-0.2, -0.15) is 16.6 Å². The predicted molar refractivity (Wildman–Crippen MR) is 37.7 cm³/mol. The molecule has 0 spiro atoms. The SMILES string of the molecule is N#Cc1ccsc1[B-](F)(F)F.[K+]. The molecule has 58 valence electrons. The summed E-state index contributed by atoms with van der Waals surface area (Å²) in [5.74, 6) is 0. The summed E-state index contributed by atoms with van der Waals surface area (Å²) in [6, 6.07) is 2.66. The van der Waals surface area contributed by atoms with Crippen molar-refractivity contribution in [1.29, 1.82) is 5.26 Å². The minimum Gasteiger partial charge on any atom is -0.444 e. The third kappa shape index (κ3) is 2.87. The van der Waals surface area contributed by atoms with Crippen LogP contribution >= 0.6 is 11.3 Å². The first-order chi connectivity index (χ1) is 5.05. The number of hydrogen-bond donors (Lipinski definition) is 0. The molecule has 7 heteroatoms. The van der Waals surface area contributed by atoms with Crippen molar-refractivity contribution < 1.29 is 64.3 Å². The minimum atomic E-state index is -5.00. The Balaban J connectivity index is 0.00000121. The van der Waals surface area contributed by atoms with Gasteiger partial charge in [0.2, 0.25) is 0 Å². The zero-order chi connectivity index (χ0) is 8.48. The second-order valence-corrected chi connectivity index (χ2v) is 2.83. The van der Waals surface area contributed by atoms with Crippen molar-refractivity contribution in [2.45, 2.75) is 0 Å². The molecule has 0 radical (unpaired) electrons. The average molecular weight is 215 g/mol. The third-order valence-electron chi connectivity index (χ3n) is 1.11. The van der Waals surface area contributed by atoms with E-state index in [0.29, 0.717) is 11.3 Å². The number of rotatable bonds is 1. The van der Waals surface area contributed by atoms with Gasteiger partial charge in [-0.1, -0.05) is 0 Å². The molecule has 1 heterocycles. The summed E-state index contributed by atoms with van der Waals surface area (Å²) < 4.78 is 35.2. The van der Waals surface area contributed by atoms with Gasteiger partial charge in [-0.05, 0) is 16.2 Å². The van der Waals surface area contributed by atoms with Crippen LogP contribution in [0.2, 0.25) is 0 Å². The first-order valence-electron chi connectivity index (χ1n) is 2.73. The van der Waals surface area contributed by atoms with E-state index in [2.05, 4.69) is 0 Å². The molecule has 0 N–H and O–H groups in total. The quantitative estimate of drug-likeness (QED) is 0.533. The van der Waals surface area contributed by atoms with Crippen molar-refractivity contribution >= 4 is 23.1 Å². The molecule has 0 amide bonds. The summed E-state index contributed by atoms with van der Waals surface area (Å²) in [4.78, 5) is 0. The van der Waals surface area contributed by atoms with E-state index < -0.39 is 11.8 Å². The first-order valence-corrected chi connectivity index (χ1v) is 3.61. The fraction of sp³-hybridized carbons (Fsp3) is 0. The van der Waals surface area contributed by atoms with E-state index in [0.717, 1.165) is 0 Å². The summed E-state index contributed by atoms with van der Waals surface area (Å²) in [6.07, 6.45) is 0. The Kier molecular flexibility index (Phi) is 5.06. The monoisotopic (exact) mass is 215 g/mol. The van der Waals surface area contributed by atoms with Gasteiger partial charge in [0.05, 0.1) is 6.07 Å². The smallest absolute Gasteiger partial charge is 0.444 e. The van der Waals surface area contributed by atoms with Gasteiger partial charge in [0, 0.05) is 5.56 Å². The molecule has 1 aromatic rings. The van der Waals surface area contributed by atoms with Crippen LogP contribution in [-0.4, -0.2) is 6.98 Å². The number of halogens is 3. The van der Waals surface area contributed by atoms with Crippen molar-refractivity contribution in [1.82, 2.24) is 0 Å². The van der Waals surface area contributed by atoms with Crippen molar-refractivity contribution in [2.24, 2.45) is 0 Å². The van der Waals surface area contributed by atoms with Gasteiger partial charge in [-0.3, -0.25) is 0 Å². The van der Waals surface area contributed by atoms with Crippen LogP contribution in [0, 0.1) is 11.3 Å². The number of thiophene rings is 1. The van der Waals surface area contributed by atoms with E-state index in [-0.39, 0.29) is 56.9 Å². The molecule has 1 aromatic heterocycles. The molecule has 0 aliphatic carbocycles. The van der Waals surface area contributed by atoms with Crippen molar-refractivity contribution in [2.75, 3.05) is 0 Å². The molecule has 0 unspecified atom stereocenters. The maximum Gasteiger partial charge on any atom is 1.00 e. The van der Waals surface area contributed by atoms with E-state index in [1.807, 2.05) is 0 Å². The van der Waals surface area contributed by atoms with Gasteiger partial charge in [-0.25, -0.2) is 0 Å². The van der Waals surface area contributed by atoms with E-state index in [1.165, 1.54) is 17.5 Å². The van der Waals surface area contributed by atoms with Crippen molar-refractivity contribution in [3.05, 3.63) is 17.0 Å². The molecule has 0 saturated carbocycles. The van der Waals surface area contributed by atoms with Crippen LogP contribution in [0.15, 0.2) is 11.4 Å². The van der Waals surface area contributed by atoms with E-state index in [4.69, 9.17) is 5.26 Å². The van der Waals surface area contributed by atoms with Crippen molar-refractivity contribution in [3.63, 3.8) is 0 Å².